The van der Waals surface area contributed by atoms with Crippen LogP contribution in [0.25, 0.3) is 0 Å². The van der Waals surface area contributed by atoms with Gasteiger partial charge in [0.2, 0.25) is 23.6 Å². The van der Waals surface area contributed by atoms with Crippen molar-refractivity contribution in [2.24, 2.45) is 29.1 Å². The van der Waals surface area contributed by atoms with E-state index in [9.17, 15) is 38.6 Å². The molecule has 2 aliphatic carbocycles. The van der Waals surface area contributed by atoms with Crippen LogP contribution in [-0.4, -0.2) is 58.4 Å². The molecular weight excluding hydrogens is 663 g/mol. The summed E-state index contributed by atoms with van der Waals surface area (Å²) in [6, 6.07) is 6.73. The van der Waals surface area contributed by atoms with E-state index in [1.807, 2.05) is 6.08 Å². The lowest BCUT2D eigenvalue weighted by Crippen LogP contribution is -2.49. The van der Waals surface area contributed by atoms with Crippen LogP contribution in [0, 0.1) is 34.9 Å². The van der Waals surface area contributed by atoms with E-state index in [-0.39, 0.29) is 47.2 Å². The molecule has 0 radical (unpaired) electrons. The number of hydrogen-bond donors (Lipinski definition) is 2. The summed E-state index contributed by atoms with van der Waals surface area (Å²) in [5.41, 5.74) is -0.469. The van der Waals surface area contributed by atoms with Crippen molar-refractivity contribution < 1.29 is 43.3 Å². The number of carbonyl (C=O) groups is 5. The molecule has 2 aliphatic heterocycles. The van der Waals surface area contributed by atoms with Crippen LogP contribution in [0.4, 0.5) is 10.1 Å². The molecule has 13 heteroatoms. The molecule has 2 aromatic rings. The van der Waals surface area contributed by atoms with E-state index >= 15 is 0 Å². The third-order valence-electron chi connectivity index (χ3n) is 9.68. The zero-order chi connectivity index (χ0) is 31.8. The van der Waals surface area contributed by atoms with Crippen LogP contribution >= 0.6 is 27.5 Å². The monoisotopic (exact) mass is 688 g/mol. The van der Waals surface area contributed by atoms with Crippen LogP contribution in [0.15, 0.2) is 46.5 Å². The van der Waals surface area contributed by atoms with Gasteiger partial charge in [-0.15, -0.1) is 0 Å². The third kappa shape index (κ3) is 4.28. The number of allylic oxidation sites excluding steroid dienone is 2. The molecular formula is C31H27BrClFN2O8. The highest BCUT2D eigenvalue weighted by Gasteiger charge is 2.68. The number of likely N-dealkylation sites (tertiary alicyclic amines) is 1. The molecule has 2 saturated heterocycles. The number of aromatic hydroxyl groups is 1. The maximum atomic E-state index is 14.5. The molecule has 1 saturated carbocycles. The molecule has 6 rings (SSSR count). The van der Waals surface area contributed by atoms with Crippen LogP contribution in [0.3, 0.4) is 0 Å². The average molecular weight is 690 g/mol. The van der Waals surface area contributed by atoms with Gasteiger partial charge in [0.1, 0.15) is 5.82 Å². The van der Waals surface area contributed by atoms with Gasteiger partial charge < -0.3 is 14.9 Å². The standard InChI is InChI=1S/C31H27BrClFN2O8/c1-31-19(28(41)36(30(31)43)14-3-6-21(34)20(33)11-14)12-17-15(25(31)18-9-13(32)10-22(44-2)26(18)39)4-5-16-24(17)29(42)35(27(16)40)8-7-23(37)38/h3-4,6,9-11,16-17,19,24-25,39H,5,7-8,12H2,1-2H3,(H,37,38). The van der Waals surface area contributed by atoms with Crippen molar-refractivity contribution in [1.82, 2.24) is 4.90 Å². The highest BCUT2D eigenvalue weighted by Crippen LogP contribution is 2.65. The van der Waals surface area contributed by atoms with Crippen LogP contribution < -0.4 is 9.64 Å². The van der Waals surface area contributed by atoms with E-state index in [0.29, 0.717) is 10.0 Å². The number of nitrogens with zero attached hydrogens (tertiary/aromatic N) is 2. The number of methoxy groups -OCH3 is 1. The molecule has 4 amide bonds. The van der Waals surface area contributed by atoms with E-state index in [1.165, 1.54) is 19.2 Å². The quantitative estimate of drug-likeness (QED) is 0.330. The number of imide groups is 2. The summed E-state index contributed by atoms with van der Waals surface area (Å²) in [5.74, 6) is -8.36. The van der Waals surface area contributed by atoms with Crippen LogP contribution in [0.1, 0.15) is 37.7 Å². The number of fused-ring (bicyclic) bond motifs is 4. The molecule has 2 heterocycles. The van der Waals surface area contributed by atoms with E-state index in [2.05, 4.69) is 15.9 Å². The summed E-state index contributed by atoms with van der Waals surface area (Å²) in [6.07, 6.45) is 1.62. The highest BCUT2D eigenvalue weighted by atomic mass is 79.9. The maximum absolute atomic E-state index is 14.5. The number of ether oxygens (including phenoxy) is 1. The Morgan fingerprint density at radius 3 is 2.52 bits per heavy atom. The summed E-state index contributed by atoms with van der Waals surface area (Å²) in [7, 11) is 1.38. The second kappa shape index (κ2) is 10.7. The summed E-state index contributed by atoms with van der Waals surface area (Å²) in [5, 5.41) is 20.3. The second-order valence-electron chi connectivity index (χ2n) is 11.8. The number of anilines is 1. The Kier molecular flexibility index (Phi) is 7.35. The molecule has 3 fully saturated rings. The first-order valence-corrected chi connectivity index (χ1v) is 15.1. The number of halogens is 3. The molecule has 2 N–H and O–H groups in total. The molecule has 0 spiro atoms. The Morgan fingerprint density at radius 2 is 1.86 bits per heavy atom. The zero-order valence-electron chi connectivity index (χ0n) is 23.6. The first-order valence-electron chi connectivity index (χ1n) is 14.0. The van der Waals surface area contributed by atoms with E-state index in [1.54, 1.807) is 19.1 Å². The van der Waals surface area contributed by atoms with Crippen molar-refractivity contribution >= 4 is 62.8 Å². The van der Waals surface area contributed by atoms with Gasteiger partial charge in [-0.1, -0.05) is 39.2 Å². The molecule has 0 aromatic heterocycles. The van der Waals surface area contributed by atoms with Crippen molar-refractivity contribution in [3.05, 3.63) is 62.9 Å². The predicted molar refractivity (Wildman–Crippen MR) is 157 cm³/mol. The molecule has 2 aromatic carbocycles. The Labute approximate surface area is 264 Å². The first-order chi connectivity index (χ1) is 20.8. The fourth-order valence-electron chi connectivity index (χ4n) is 7.69. The fraction of sp³-hybridized carbons (Fsp3) is 0.387. The summed E-state index contributed by atoms with van der Waals surface area (Å²) in [6.45, 7) is 1.37. The lowest BCUT2D eigenvalue weighted by Gasteiger charge is -2.49. The maximum Gasteiger partial charge on any atom is 0.305 e. The number of carboxylic acid groups (broad SMARTS) is 1. The van der Waals surface area contributed by atoms with Crippen molar-refractivity contribution in [3.63, 3.8) is 0 Å². The van der Waals surface area contributed by atoms with E-state index in [0.717, 1.165) is 15.9 Å². The van der Waals surface area contributed by atoms with Crippen molar-refractivity contribution in [3.8, 4) is 11.5 Å². The highest BCUT2D eigenvalue weighted by molar-refractivity contribution is 9.10. The van der Waals surface area contributed by atoms with Crippen molar-refractivity contribution in [2.75, 3.05) is 18.6 Å². The Hall–Kier alpha value is -3.77. The topological polar surface area (TPSA) is 142 Å². The van der Waals surface area contributed by atoms with Crippen molar-refractivity contribution in [2.45, 2.75) is 32.1 Å². The summed E-state index contributed by atoms with van der Waals surface area (Å²) < 4.78 is 20.0. The fourth-order valence-corrected chi connectivity index (χ4v) is 8.32. The van der Waals surface area contributed by atoms with Gasteiger partial charge in [-0.05, 0) is 56.0 Å². The number of phenolic OH excluding ortho intramolecular Hbond substituents is 1. The van der Waals surface area contributed by atoms with Crippen LogP contribution in [0.5, 0.6) is 11.5 Å². The minimum Gasteiger partial charge on any atom is -0.504 e. The SMILES string of the molecule is COc1cc(Br)cc(C2C3=CCC4C(=O)N(CCC(=O)O)C(=O)C4C3CC3C(=O)N(c4ccc(F)c(Cl)c4)C(=O)C32C)c1O. The number of amides is 4. The van der Waals surface area contributed by atoms with Gasteiger partial charge in [-0.2, -0.15) is 0 Å². The summed E-state index contributed by atoms with van der Waals surface area (Å²) >= 11 is 9.47. The number of carboxylic acids is 1. The number of aliphatic carboxylic acids is 1. The van der Waals surface area contributed by atoms with Gasteiger partial charge in [-0.3, -0.25) is 28.9 Å². The van der Waals surface area contributed by atoms with Gasteiger partial charge in [0, 0.05) is 22.5 Å². The Morgan fingerprint density at radius 1 is 1.14 bits per heavy atom. The smallest absolute Gasteiger partial charge is 0.305 e. The lowest BCUT2D eigenvalue weighted by atomic mass is 9.51. The molecule has 6 atom stereocenters. The van der Waals surface area contributed by atoms with Gasteiger partial charge >= 0.3 is 5.97 Å². The zero-order valence-corrected chi connectivity index (χ0v) is 25.9. The van der Waals surface area contributed by atoms with Crippen LogP contribution in [0.2, 0.25) is 5.02 Å². The number of benzene rings is 2. The van der Waals surface area contributed by atoms with E-state index in [4.69, 9.17) is 16.3 Å². The van der Waals surface area contributed by atoms with Crippen molar-refractivity contribution in [1.29, 1.82) is 0 Å². The number of carbonyl (C=O) groups excluding carboxylic acids is 4. The first kappa shape index (κ1) is 30.3. The van der Waals surface area contributed by atoms with Gasteiger partial charge in [-0.25, -0.2) is 9.29 Å². The number of rotatable bonds is 6. The Bertz CT molecular complexity index is 1700. The minimum atomic E-state index is -1.47. The molecule has 6 unspecified atom stereocenters. The predicted octanol–water partition coefficient (Wildman–Crippen LogP) is 4.66. The molecule has 10 nitrogen and oxygen atoms in total. The van der Waals surface area contributed by atoms with Gasteiger partial charge in [0.05, 0.1) is 47.4 Å². The second-order valence-corrected chi connectivity index (χ2v) is 13.1. The molecule has 0 bridgehead atoms. The third-order valence-corrected chi connectivity index (χ3v) is 10.4. The van der Waals surface area contributed by atoms with Crippen LogP contribution in [-0.2, 0) is 24.0 Å². The summed E-state index contributed by atoms with van der Waals surface area (Å²) in [4.78, 5) is 68.9. The molecule has 44 heavy (non-hydrogen) atoms. The molecule has 230 valence electrons. The lowest BCUT2D eigenvalue weighted by molar-refractivity contribution is -0.142. The largest absolute Gasteiger partial charge is 0.504 e. The Balaban J connectivity index is 1.52. The molecule has 4 aliphatic rings. The van der Waals surface area contributed by atoms with E-state index < -0.39 is 76.8 Å². The minimum absolute atomic E-state index is 0.0493. The van der Waals surface area contributed by atoms with Gasteiger partial charge in [0.15, 0.2) is 11.5 Å². The number of hydrogen-bond acceptors (Lipinski definition) is 7. The van der Waals surface area contributed by atoms with Gasteiger partial charge in [0.25, 0.3) is 0 Å². The number of phenols is 1. The normalized spacial score (nSPS) is 29.4. The average Bonchev–Trinajstić information content (AvgIpc) is 3.33.